The van der Waals surface area contributed by atoms with E-state index in [-0.39, 0.29) is 11.3 Å². The molecule has 1 N–H and O–H groups in total. The quantitative estimate of drug-likeness (QED) is 0.452. The lowest BCUT2D eigenvalue weighted by Crippen LogP contribution is -2.21. The average Bonchev–Trinajstić information content (AvgIpc) is 2.38. The van der Waals surface area contributed by atoms with Crippen molar-refractivity contribution in [1.82, 2.24) is 5.32 Å². The highest BCUT2D eigenvalue weighted by atomic mass is 16.6. The number of nitrogens with one attached hydrogen (secondary N) is 1. The molecule has 1 aromatic carbocycles. The molecule has 0 unspecified atom stereocenters. The fourth-order valence-corrected chi connectivity index (χ4v) is 1.40. The predicted molar refractivity (Wildman–Crippen MR) is 66.5 cm³/mol. The Morgan fingerprint density at radius 3 is 2.89 bits per heavy atom. The minimum Gasteiger partial charge on any atom is -0.492 e. The van der Waals surface area contributed by atoms with Gasteiger partial charge < -0.3 is 10.1 Å². The molecular formula is C12H15N3O3. The number of hydrogen-bond acceptors (Lipinski definition) is 5. The van der Waals surface area contributed by atoms with Gasteiger partial charge in [0.25, 0.3) is 5.69 Å². The Hall–Kier alpha value is -2.13. The summed E-state index contributed by atoms with van der Waals surface area (Å²) in [6.45, 7) is 4.16. The Morgan fingerprint density at radius 2 is 2.28 bits per heavy atom. The van der Waals surface area contributed by atoms with Gasteiger partial charge in [-0.1, -0.05) is 6.92 Å². The summed E-state index contributed by atoms with van der Waals surface area (Å²) in [4.78, 5) is 10.0. The first-order valence-corrected chi connectivity index (χ1v) is 5.71. The molecule has 0 radical (unpaired) electrons. The highest BCUT2D eigenvalue weighted by molar-refractivity contribution is 5.52. The summed E-state index contributed by atoms with van der Waals surface area (Å²) in [5, 5.41) is 22.6. The molecule has 6 heteroatoms. The number of rotatable bonds is 7. The van der Waals surface area contributed by atoms with E-state index in [1.54, 1.807) is 6.07 Å². The van der Waals surface area contributed by atoms with Crippen LogP contribution in [0.5, 0.6) is 5.75 Å². The number of nitriles is 1. The minimum absolute atomic E-state index is 0.0130. The number of hydrogen-bond donors (Lipinski definition) is 1. The normalized spacial score (nSPS) is 9.78. The van der Waals surface area contributed by atoms with Gasteiger partial charge in [0.05, 0.1) is 4.92 Å². The fourth-order valence-electron chi connectivity index (χ4n) is 1.40. The first-order chi connectivity index (χ1) is 8.69. The van der Waals surface area contributed by atoms with Gasteiger partial charge in [-0.3, -0.25) is 10.1 Å². The molecule has 96 valence electrons. The van der Waals surface area contributed by atoms with Gasteiger partial charge >= 0.3 is 0 Å². The minimum atomic E-state index is -0.578. The van der Waals surface area contributed by atoms with Crippen molar-refractivity contribution in [3.63, 3.8) is 0 Å². The van der Waals surface area contributed by atoms with E-state index in [2.05, 4.69) is 12.2 Å². The van der Waals surface area contributed by atoms with E-state index in [9.17, 15) is 10.1 Å². The second kappa shape index (κ2) is 7.25. The number of nitro benzene ring substituents is 1. The van der Waals surface area contributed by atoms with Crippen LogP contribution in [0.25, 0.3) is 0 Å². The van der Waals surface area contributed by atoms with Crippen LogP contribution < -0.4 is 10.1 Å². The molecule has 0 saturated carbocycles. The molecule has 0 heterocycles. The molecule has 0 spiro atoms. The van der Waals surface area contributed by atoms with E-state index in [4.69, 9.17) is 10.00 Å². The van der Waals surface area contributed by atoms with Crippen LogP contribution in [0, 0.1) is 21.4 Å². The van der Waals surface area contributed by atoms with E-state index < -0.39 is 4.92 Å². The van der Waals surface area contributed by atoms with Crippen molar-refractivity contribution in [3.05, 3.63) is 33.9 Å². The van der Waals surface area contributed by atoms with E-state index in [0.717, 1.165) is 13.0 Å². The van der Waals surface area contributed by atoms with E-state index in [0.29, 0.717) is 18.9 Å². The molecule has 0 aliphatic rings. The largest absolute Gasteiger partial charge is 0.492 e. The molecular weight excluding hydrogens is 234 g/mol. The second-order valence-electron chi connectivity index (χ2n) is 3.65. The van der Waals surface area contributed by atoms with Crippen LogP contribution in [0.4, 0.5) is 5.69 Å². The van der Waals surface area contributed by atoms with Crippen LogP contribution in [-0.2, 0) is 0 Å². The number of nitro groups is 1. The fraction of sp³-hybridized carbons (Fsp3) is 0.417. The van der Waals surface area contributed by atoms with Crippen LogP contribution in [0.1, 0.15) is 18.9 Å². The molecule has 0 fully saturated rings. The SMILES string of the molecule is CCCNCCOc1ccc([N+](=O)[O-])c(C#N)c1. The summed E-state index contributed by atoms with van der Waals surface area (Å²) in [7, 11) is 0. The van der Waals surface area contributed by atoms with Crippen LogP contribution in [0.15, 0.2) is 18.2 Å². The highest BCUT2D eigenvalue weighted by Gasteiger charge is 2.13. The Bertz CT molecular complexity index is 454. The van der Waals surface area contributed by atoms with E-state index >= 15 is 0 Å². The second-order valence-corrected chi connectivity index (χ2v) is 3.65. The molecule has 0 aliphatic carbocycles. The van der Waals surface area contributed by atoms with Crippen molar-refractivity contribution < 1.29 is 9.66 Å². The zero-order valence-electron chi connectivity index (χ0n) is 10.2. The summed E-state index contributed by atoms with van der Waals surface area (Å²) in [5.41, 5.74) is -0.187. The van der Waals surface area contributed by atoms with Gasteiger partial charge in [-0.2, -0.15) is 5.26 Å². The Labute approximate surface area is 105 Å². The van der Waals surface area contributed by atoms with Crippen molar-refractivity contribution in [1.29, 1.82) is 5.26 Å². The summed E-state index contributed by atoms with van der Waals surface area (Å²) >= 11 is 0. The third-order valence-corrected chi connectivity index (χ3v) is 2.26. The Balaban J connectivity index is 2.58. The number of nitrogens with zero attached hydrogens (tertiary/aromatic N) is 2. The molecule has 18 heavy (non-hydrogen) atoms. The van der Waals surface area contributed by atoms with Gasteiger partial charge in [0.15, 0.2) is 0 Å². The molecule has 0 bridgehead atoms. The van der Waals surface area contributed by atoms with Gasteiger partial charge in [0.1, 0.15) is 24.0 Å². The summed E-state index contributed by atoms with van der Waals surface area (Å²) < 4.78 is 5.39. The van der Waals surface area contributed by atoms with Crippen molar-refractivity contribution in [2.75, 3.05) is 19.7 Å². The van der Waals surface area contributed by atoms with Crippen molar-refractivity contribution in [3.8, 4) is 11.8 Å². The average molecular weight is 249 g/mol. The summed E-state index contributed by atoms with van der Waals surface area (Å²) in [5.74, 6) is 0.468. The Morgan fingerprint density at radius 1 is 1.50 bits per heavy atom. The topological polar surface area (TPSA) is 88.2 Å². The van der Waals surface area contributed by atoms with Crippen LogP contribution >= 0.6 is 0 Å². The van der Waals surface area contributed by atoms with Gasteiger partial charge in [-0.15, -0.1) is 0 Å². The van der Waals surface area contributed by atoms with Gasteiger partial charge in [-0.25, -0.2) is 0 Å². The zero-order valence-corrected chi connectivity index (χ0v) is 10.2. The third-order valence-electron chi connectivity index (χ3n) is 2.26. The molecule has 1 aromatic rings. The lowest BCUT2D eigenvalue weighted by atomic mass is 10.2. The van der Waals surface area contributed by atoms with Gasteiger partial charge in [0.2, 0.25) is 0 Å². The summed E-state index contributed by atoms with van der Waals surface area (Å²) in [6, 6.07) is 5.96. The lowest BCUT2D eigenvalue weighted by molar-refractivity contribution is -0.385. The standard InChI is InChI=1S/C12H15N3O3/c1-2-5-14-6-7-18-11-3-4-12(15(16)17)10(8-11)9-13/h3-4,8,14H,2,5-7H2,1H3. The first-order valence-electron chi connectivity index (χ1n) is 5.71. The van der Waals surface area contributed by atoms with Crippen molar-refractivity contribution in [2.45, 2.75) is 13.3 Å². The summed E-state index contributed by atoms with van der Waals surface area (Å²) in [6.07, 6.45) is 1.05. The molecule has 0 aromatic heterocycles. The zero-order chi connectivity index (χ0) is 13.4. The maximum atomic E-state index is 10.6. The monoisotopic (exact) mass is 249 g/mol. The number of benzene rings is 1. The maximum Gasteiger partial charge on any atom is 0.287 e. The first kappa shape index (κ1) is 13.9. The lowest BCUT2D eigenvalue weighted by Gasteiger charge is -2.07. The van der Waals surface area contributed by atoms with Crippen LogP contribution in [0.3, 0.4) is 0 Å². The van der Waals surface area contributed by atoms with Gasteiger partial charge in [-0.05, 0) is 19.0 Å². The molecule has 6 nitrogen and oxygen atoms in total. The molecule has 0 amide bonds. The Kier molecular flexibility index (Phi) is 5.61. The van der Waals surface area contributed by atoms with E-state index in [1.165, 1.54) is 18.2 Å². The smallest absolute Gasteiger partial charge is 0.287 e. The third kappa shape index (κ3) is 4.03. The highest BCUT2D eigenvalue weighted by Crippen LogP contribution is 2.23. The van der Waals surface area contributed by atoms with Gasteiger partial charge in [0, 0.05) is 18.7 Å². The van der Waals surface area contributed by atoms with Crippen molar-refractivity contribution >= 4 is 5.69 Å². The maximum absolute atomic E-state index is 10.6. The van der Waals surface area contributed by atoms with E-state index in [1.807, 2.05) is 0 Å². The van der Waals surface area contributed by atoms with Crippen LogP contribution in [0.2, 0.25) is 0 Å². The predicted octanol–water partition coefficient (Wildman–Crippen LogP) is 1.84. The molecule has 0 aliphatic heterocycles. The van der Waals surface area contributed by atoms with Crippen molar-refractivity contribution in [2.24, 2.45) is 0 Å². The number of ether oxygens (including phenoxy) is 1. The molecule has 0 atom stereocenters. The molecule has 0 saturated heterocycles. The molecule has 1 rings (SSSR count). The van der Waals surface area contributed by atoms with Crippen LogP contribution in [-0.4, -0.2) is 24.6 Å².